The van der Waals surface area contributed by atoms with Crippen LogP contribution in [0.3, 0.4) is 0 Å². The summed E-state index contributed by atoms with van der Waals surface area (Å²) < 4.78 is 5.16. The van der Waals surface area contributed by atoms with Crippen LogP contribution in [0.5, 0.6) is 11.5 Å². The number of para-hydroxylation sites is 1. The molecule has 5 nitrogen and oxygen atoms in total. The maximum Gasteiger partial charge on any atom is 0.210 e. The Kier molecular flexibility index (Phi) is 3.70. The van der Waals surface area contributed by atoms with Crippen molar-refractivity contribution in [3.8, 4) is 22.1 Å². The highest BCUT2D eigenvalue weighted by molar-refractivity contribution is 7.18. The predicted octanol–water partition coefficient (Wildman–Crippen LogP) is 3.66. The minimum Gasteiger partial charge on any atom is -0.507 e. The molecule has 2 aromatic carbocycles. The highest BCUT2D eigenvalue weighted by Crippen LogP contribution is 2.36. The van der Waals surface area contributed by atoms with Gasteiger partial charge in [0.05, 0.1) is 12.7 Å². The fourth-order valence-electron chi connectivity index (χ4n) is 1.84. The summed E-state index contributed by atoms with van der Waals surface area (Å²) in [6.07, 6.45) is 0. The molecule has 0 spiro atoms. The number of nitrogens with one attached hydrogen (secondary N) is 1. The van der Waals surface area contributed by atoms with Gasteiger partial charge in [0.2, 0.25) is 5.13 Å². The minimum atomic E-state index is 0.151. The highest BCUT2D eigenvalue weighted by atomic mass is 32.1. The number of hydrogen-bond acceptors (Lipinski definition) is 6. The molecule has 0 bridgehead atoms. The summed E-state index contributed by atoms with van der Waals surface area (Å²) in [5.74, 6) is 0.814. The minimum absolute atomic E-state index is 0.151. The van der Waals surface area contributed by atoms with Crippen molar-refractivity contribution in [2.45, 2.75) is 0 Å². The third-order valence-corrected chi connectivity index (χ3v) is 3.76. The average Bonchev–Trinajstić information content (AvgIpc) is 2.97. The Morgan fingerprint density at radius 1 is 1.10 bits per heavy atom. The first-order valence-electron chi connectivity index (χ1n) is 6.29. The van der Waals surface area contributed by atoms with Gasteiger partial charge in [-0.15, -0.1) is 10.2 Å². The molecule has 3 aromatic rings. The van der Waals surface area contributed by atoms with Crippen molar-refractivity contribution >= 4 is 22.2 Å². The number of aromatic hydroxyl groups is 1. The lowest BCUT2D eigenvalue weighted by Crippen LogP contribution is -1.87. The Balaban J connectivity index is 1.88. The van der Waals surface area contributed by atoms with Crippen LogP contribution in [0.15, 0.2) is 48.5 Å². The average molecular weight is 299 g/mol. The Morgan fingerprint density at radius 3 is 2.67 bits per heavy atom. The molecule has 106 valence electrons. The third kappa shape index (κ3) is 2.95. The summed E-state index contributed by atoms with van der Waals surface area (Å²) in [6, 6.07) is 14.8. The zero-order valence-electron chi connectivity index (χ0n) is 11.3. The van der Waals surface area contributed by atoms with Crippen LogP contribution < -0.4 is 10.1 Å². The second-order valence-electron chi connectivity index (χ2n) is 4.29. The monoisotopic (exact) mass is 299 g/mol. The fourth-order valence-corrected chi connectivity index (χ4v) is 2.63. The van der Waals surface area contributed by atoms with Crippen molar-refractivity contribution in [2.24, 2.45) is 0 Å². The van der Waals surface area contributed by atoms with Gasteiger partial charge in [-0.2, -0.15) is 0 Å². The van der Waals surface area contributed by atoms with E-state index in [9.17, 15) is 5.11 Å². The molecule has 0 aliphatic rings. The van der Waals surface area contributed by atoms with E-state index in [4.69, 9.17) is 4.74 Å². The standard InChI is InChI=1S/C15H13N3O2S/c1-20-11-7-8-13(19)12(9-11)14-17-18-15(21-14)16-10-5-3-2-4-6-10/h2-9,19H,1H3,(H,16,18). The molecule has 0 fully saturated rings. The molecule has 3 rings (SSSR count). The van der Waals surface area contributed by atoms with Crippen molar-refractivity contribution in [3.63, 3.8) is 0 Å². The van der Waals surface area contributed by atoms with Crippen molar-refractivity contribution < 1.29 is 9.84 Å². The van der Waals surface area contributed by atoms with E-state index in [1.165, 1.54) is 11.3 Å². The van der Waals surface area contributed by atoms with Crippen molar-refractivity contribution in [2.75, 3.05) is 12.4 Å². The molecule has 0 aliphatic heterocycles. The van der Waals surface area contributed by atoms with Crippen LogP contribution in [0.4, 0.5) is 10.8 Å². The quantitative estimate of drug-likeness (QED) is 0.769. The van der Waals surface area contributed by atoms with Gasteiger partial charge >= 0.3 is 0 Å². The van der Waals surface area contributed by atoms with E-state index in [2.05, 4.69) is 15.5 Å². The Bertz CT molecular complexity index is 744. The molecule has 0 unspecified atom stereocenters. The molecule has 0 aliphatic carbocycles. The fraction of sp³-hybridized carbons (Fsp3) is 0.0667. The first-order valence-corrected chi connectivity index (χ1v) is 7.11. The lowest BCUT2D eigenvalue weighted by atomic mass is 10.2. The van der Waals surface area contributed by atoms with Crippen LogP contribution in [0.25, 0.3) is 10.6 Å². The second-order valence-corrected chi connectivity index (χ2v) is 5.26. The molecule has 2 N–H and O–H groups in total. The second kappa shape index (κ2) is 5.80. The first kappa shape index (κ1) is 13.4. The molecule has 0 radical (unpaired) electrons. The van der Waals surface area contributed by atoms with Crippen LogP contribution in [0.1, 0.15) is 0 Å². The highest BCUT2D eigenvalue weighted by Gasteiger charge is 2.12. The molecule has 0 atom stereocenters. The summed E-state index contributed by atoms with van der Waals surface area (Å²) in [6.45, 7) is 0. The van der Waals surface area contributed by atoms with E-state index >= 15 is 0 Å². The summed E-state index contributed by atoms with van der Waals surface area (Å²) >= 11 is 1.37. The summed E-state index contributed by atoms with van der Waals surface area (Å²) in [7, 11) is 1.58. The maximum atomic E-state index is 9.95. The molecule has 21 heavy (non-hydrogen) atoms. The number of nitrogens with zero attached hydrogens (tertiary/aromatic N) is 2. The molecule has 1 heterocycles. The molecule has 0 saturated heterocycles. The van der Waals surface area contributed by atoms with E-state index in [1.807, 2.05) is 30.3 Å². The van der Waals surface area contributed by atoms with Gasteiger partial charge in [-0.25, -0.2) is 0 Å². The van der Waals surface area contributed by atoms with Crippen molar-refractivity contribution in [1.29, 1.82) is 0 Å². The molecule has 6 heteroatoms. The van der Waals surface area contributed by atoms with Crippen LogP contribution in [-0.4, -0.2) is 22.4 Å². The SMILES string of the molecule is COc1ccc(O)c(-c2nnc(Nc3ccccc3)s2)c1. The van der Waals surface area contributed by atoms with E-state index in [0.717, 1.165) is 5.69 Å². The number of phenolic OH excluding ortho intramolecular Hbond substituents is 1. The van der Waals surface area contributed by atoms with E-state index in [0.29, 0.717) is 21.5 Å². The summed E-state index contributed by atoms with van der Waals surface area (Å²) in [5.41, 5.74) is 1.54. The lowest BCUT2D eigenvalue weighted by molar-refractivity contribution is 0.412. The number of anilines is 2. The van der Waals surface area contributed by atoms with Crippen LogP contribution in [0.2, 0.25) is 0 Å². The van der Waals surface area contributed by atoms with Gasteiger partial charge in [0.1, 0.15) is 11.5 Å². The van der Waals surface area contributed by atoms with Crippen molar-refractivity contribution in [1.82, 2.24) is 10.2 Å². The van der Waals surface area contributed by atoms with Gasteiger partial charge < -0.3 is 15.2 Å². The number of benzene rings is 2. The number of hydrogen-bond donors (Lipinski definition) is 2. The van der Waals surface area contributed by atoms with Gasteiger partial charge in [0, 0.05) is 5.69 Å². The van der Waals surface area contributed by atoms with E-state index in [1.54, 1.807) is 25.3 Å². The number of aromatic nitrogens is 2. The van der Waals surface area contributed by atoms with Gasteiger partial charge in [-0.05, 0) is 30.3 Å². The predicted molar refractivity (Wildman–Crippen MR) is 83.3 cm³/mol. The van der Waals surface area contributed by atoms with Crippen LogP contribution >= 0.6 is 11.3 Å². The largest absolute Gasteiger partial charge is 0.507 e. The van der Waals surface area contributed by atoms with E-state index in [-0.39, 0.29) is 5.75 Å². The molecule has 0 saturated carbocycles. The molecule has 1 aromatic heterocycles. The number of rotatable bonds is 4. The zero-order chi connectivity index (χ0) is 14.7. The number of ether oxygens (including phenoxy) is 1. The van der Waals surface area contributed by atoms with Crippen LogP contribution in [0, 0.1) is 0 Å². The zero-order valence-corrected chi connectivity index (χ0v) is 12.1. The van der Waals surface area contributed by atoms with E-state index < -0.39 is 0 Å². The van der Waals surface area contributed by atoms with Crippen molar-refractivity contribution in [3.05, 3.63) is 48.5 Å². The topological polar surface area (TPSA) is 67.3 Å². The third-order valence-electron chi connectivity index (χ3n) is 2.88. The molecule has 0 amide bonds. The Hall–Kier alpha value is -2.60. The number of methoxy groups -OCH3 is 1. The summed E-state index contributed by atoms with van der Waals surface area (Å²) in [4.78, 5) is 0. The first-order chi connectivity index (χ1) is 10.3. The summed E-state index contributed by atoms with van der Waals surface area (Å²) in [5, 5.41) is 22.6. The van der Waals surface area contributed by atoms with Gasteiger partial charge in [-0.1, -0.05) is 29.5 Å². The Labute approximate surface area is 125 Å². The van der Waals surface area contributed by atoms with Gasteiger partial charge in [0.15, 0.2) is 5.01 Å². The lowest BCUT2D eigenvalue weighted by Gasteiger charge is -2.03. The maximum absolute atomic E-state index is 9.95. The smallest absolute Gasteiger partial charge is 0.210 e. The molecular weight excluding hydrogens is 286 g/mol. The van der Waals surface area contributed by atoms with Crippen LogP contribution in [-0.2, 0) is 0 Å². The van der Waals surface area contributed by atoms with Gasteiger partial charge in [-0.3, -0.25) is 0 Å². The Morgan fingerprint density at radius 2 is 1.90 bits per heavy atom. The number of phenols is 1. The normalized spacial score (nSPS) is 10.3. The van der Waals surface area contributed by atoms with Gasteiger partial charge in [0.25, 0.3) is 0 Å². The molecular formula is C15H13N3O2S.